The SMILES string of the molecule is COc1ccc(CCNC(=O)CC(C)=NNC(=O)c2ccc([N+](=O)[O-])cc2)cc1OC. The van der Waals surface area contributed by atoms with Crippen LogP contribution in [0.1, 0.15) is 29.3 Å². The Balaban J connectivity index is 1.79. The van der Waals surface area contributed by atoms with Gasteiger partial charge in [0.1, 0.15) is 0 Å². The van der Waals surface area contributed by atoms with Gasteiger partial charge in [-0.1, -0.05) is 6.07 Å². The molecule has 0 atom stereocenters. The molecule has 2 amide bonds. The second-order valence-corrected chi connectivity index (χ2v) is 6.56. The number of benzene rings is 2. The molecule has 0 spiro atoms. The summed E-state index contributed by atoms with van der Waals surface area (Å²) in [6, 6.07) is 10.7. The van der Waals surface area contributed by atoms with Crippen molar-refractivity contribution in [3.63, 3.8) is 0 Å². The molecule has 2 aromatic carbocycles. The first-order valence-electron chi connectivity index (χ1n) is 9.39. The molecule has 2 rings (SSSR count). The van der Waals surface area contributed by atoms with E-state index in [1.54, 1.807) is 27.2 Å². The molecular formula is C21H24N4O6. The van der Waals surface area contributed by atoms with E-state index in [1.807, 2.05) is 12.1 Å². The molecule has 10 heteroatoms. The summed E-state index contributed by atoms with van der Waals surface area (Å²) in [5.41, 5.74) is 3.85. The Morgan fingerprint density at radius 2 is 1.74 bits per heavy atom. The van der Waals surface area contributed by atoms with Gasteiger partial charge < -0.3 is 14.8 Å². The fraction of sp³-hybridized carbons (Fsp3) is 0.286. The first-order chi connectivity index (χ1) is 14.8. The molecule has 0 radical (unpaired) electrons. The molecule has 0 saturated carbocycles. The predicted octanol–water partition coefficient (Wildman–Crippen LogP) is 2.47. The number of methoxy groups -OCH3 is 2. The van der Waals surface area contributed by atoms with Crippen LogP contribution in [0.25, 0.3) is 0 Å². The van der Waals surface area contributed by atoms with Crippen LogP contribution in [0, 0.1) is 10.1 Å². The fourth-order valence-corrected chi connectivity index (χ4v) is 2.66. The van der Waals surface area contributed by atoms with Gasteiger partial charge in [-0.3, -0.25) is 19.7 Å². The van der Waals surface area contributed by atoms with Crippen molar-refractivity contribution in [1.82, 2.24) is 10.7 Å². The first-order valence-corrected chi connectivity index (χ1v) is 9.39. The van der Waals surface area contributed by atoms with Gasteiger partial charge in [-0.25, -0.2) is 5.43 Å². The minimum Gasteiger partial charge on any atom is -0.493 e. The average molecular weight is 428 g/mol. The molecule has 0 saturated heterocycles. The van der Waals surface area contributed by atoms with Crippen LogP contribution in [-0.2, 0) is 11.2 Å². The molecule has 2 aromatic rings. The zero-order valence-corrected chi connectivity index (χ0v) is 17.5. The Morgan fingerprint density at radius 1 is 1.06 bits per heavy atom. The second kappa shape index (κ2) is 11.3. The molecule has 0 heterocycles. The van der Waals surface area contributed by atoms with E-state index < -0.39 is 10.8 Å². The quantitative estimate of drug-likeness (QED) is 0.339. The van der Waals surface area contributed by atoms with Crippen LogP contribution in [0.4, 0.5) is 5.69 Å². The lowest BCUT2D eigenvalue weighted by atomic mass is 10.1. The van der Waals surface area contributed by atoms with Crippen LogP contribution < -0.4 is 20.2 Å². The molecule has 0 unspecified atom stereocenters. The number of hydrogen-bond acceptors (Lipinski definition) is 7. The molecule has 0 fully saturated rings. The highest BCUT2D eigenvalue weighted by Crippen LogP contribution is 2.27. The standard InChI is InChI=1S/C21H24N4O6/c1-14(23-24-21(27)16-5-7-17(8-6-16)25(28)29)12-20(26)22-11-10-15-4-9-18(30-2)19(13-15)31-3/h4-9,13H,10-12H2,1-3H3,(H,22,26)(H,24,27). The van der Waals surface area contributed by atoms with E-state index in [9.17, 15) is 19.7 Å². The van der Waals surface area contributed by atoms with Gasteiger partial charge in [0.15, 0.2) is 11.5 Å². The summed E-state index contributed by atoms with van der Waals surface area (Å²) >= 11 is 0. The van der Waals surface area contributed by atoms with Crippen LogP contribution in [0.3, 0.4) is 0 Å². The lowest BCUT2D eigenvalue weighted by Crippen LogP contribution is -2.28. The first kappa shape index (κ1) is 23.3. The summed E-state index contributed by atoms with van der Waals surface area (Å²) in [6.45, 7) is 2.04. The number of nitrogens with one attached hydrogen (secondary N) is 2. The van der Waals surface area contributed by atoms with Gasteiger partial charge in [0, 0.05) is 30.0 Å². The third-order valence-corrected chi connectivity index (χ3v) is 4.29. The Morgan fingerprint density at radius 3 is 2.35 bits per heavy atom. The van der Waals surface area contributed by atoms with Gasteiger partial charge >= 0.3 is 0 Å². The average Bonchev–Trinajstić information content (AvgIpc) is 2.77. The summed E-state index contributed by atoms with van der Waals surface area (Å²) in [5.74, 6) is 0.505. The molecule has 164 valence electrons. The lowest BCUT2D eigenvalue weighted by molar-refractivity contribution is -0.384. The monoisotopic (exact) mass is 428 g/mol. The number of ether oxygens (including phenoxy) is 2. The summed E-state index contributed by atoms with van der Waals surface area (Å²) < 4.78 is 10.5. The fourth-order valence-electron chi connectivity index (χ4n) is 2.66. The molecule has 0 aliphatic heterocycles. The highest BCUT2D eigenvalue weighted by molar-refractivity contribution is 6.01. The molecular weight excluding hydrogens is 404 g/mol. The zero-order valence-electron chi connectivity index (χ0n) is 17.5. The highest BCUT2D eigenvalue weighted by atomic mass is 16.6. The van der Waals surface area contributed by atoms with E-state index in [-0.39, 0.29) is 23.6 Å². The summed E-state index contributed by atoms with van der Waals surface area (Å²) in [5, 5.41) is 17.3. The van der Waals surface area contributed by atoms with Gasteiger partial charge in [0.25, 0.3) is 11.6 Å². The minimum atomic E-state index is -0.548. The molecule has 0 bridgehead atoms. The number of nitrogens with zero attached hydrogens (tertiary/aromatic N) is 2. The Hall–Kier alpha value is -3.95. The number of carbonyl (C=O) groups excluding carboxylic acids is 2. The maximum absolute atomic E-state index is 12.1. The third-order valence-electron chi connectivity index (χ3n) is 4.29. The maximum atomic E-state index is 12.1. The summed E-state index contributed by atoms with van der Waals surface area (Å²) in [4.78, 5) is 34.2. The van der Waals surface area contributed by atoms with Gasteiger partial charge in [-0.05, 0) is 43.2 Å². The van der Waals surface area contributed by atoms with E-state index in [0.29, 0.717) is 30.2 Å². The van der Waals surface area contributed by atoms with Crippen LogP contribution in [-0.4, -0.2) is 43.2 Å². The van der Waals surface area contributed by atoms with Crippen molar-refractivity contribution in [3.8, 4) is 11.5 Å². The molecule has 0 aromatic heterocycles. The number of hydrogen-bond donors (Lipinski definition) is 2. The largest absolute Gasteiger partial charge is 0.493 e. The highest BCUT2D eigenvalue weighted by Gasteiger charge is 2.10. The molecule has 10 nitrogen and oxygen atoms in total. The van der Waals surface area contributed by atoms with Crippen molar-refractivity contribution in [2.24, 2.45) is 5.10 Å². The van der Waals surface area contributed by atoms with Crippen LogP contribution in [0.2, 0.25) is 0 Å². The van der Waals surface area contributed by atoms with Crippen LogP contribution in [0.5, 0.6) is 11.5 Å². The predicted molar refractivity (Wildman–Crippen MR) is 115 cm³/mol. The van der Waals surface area contributed by atoms with E-state index in [0.717, 1.165) is 5.56 Å². The van der Waals surface area contributed by atoms with Gasteiger partial charge in [0.05, 0.1) is 25.6 Å². The number of hydrazone groups is 1. The molecule has 31 heavy (non-hydrogen) atoms. The van der Waals surface area contributed by atoms with E-state index in [2.05, 4.69) is 15.8 Å². The number of amides is 2. The van der Waals surface area contributed by atoms with Crippen LogP contribution in [0.15, 0.2) is 47.6 Å². The van der Waals surface area contributed by atoms with E-state index in [4.69, 9.17) is 9.47 Å². The Kier molecular flexibility index (Phi) is 8.50. The van der Waals surface area contributed by atoms with Gasteiger partial charge in [0.2, 0.25) is 5.91 Å². The minimum absolute atomic E-state index is 0.0203. The van der Waals surface area contributed by atoms with Gasteiger partial charge in [-0.15, -0.1) is 0 Å². The van der Waals surface area contributed by atoms with Crippen molar-refractivity contribution in [2.45, 2.75) is 19.8 Å². The van der Waals surface area contributed by atoms with Crippen molar-refractivity contribution < 1.29 is 24.0 Å². The van der Waals surface area contributed by atoms with Gasteiger partial charge in [-0.2, -0.15) is 5.10 Å². The van der Waals surface area contributed by atoms with Crippen molar-refractivity contribution in [3.05, 3.63) is 63.7 Å². The molecule has 0 aliphatic carbocycles. The number of carbonyl (C=O) groups is 2. The summed E-state index contributed by atoms with van der Waals surface area (Å²) in [6.07, 6.45) is 0.631. The smallest absolute Gasteiger partial charge is 0.271 e. The number of rotatable bonds is 10. The van der Waals surface area contributed by atoms with Crippen LogP contribution >= 0.6 is 0 Å². The third kappa shape index (κ3) is 7.11. The normalized spacial score (nSPS) is 10.9. The van der Waals surface area contributed by atoms with Crippen molar-refractivity contribution in [1.29, 1.82) is 0 Å². The molecule has 0 aliphatic rings. The molecule has 2 N–H and O–H groups in total. The van der Waals surface area contributed by atoms with Crippen molar-refractivity contribution >= 4 is 23.2 Å². The number of nitro groups is 1. The Bertz CT molecular complexity index is 972. The topological polar surface area (TPSA) is 132 Å². The maximum Gasteiger partial charge on any atom is 0.271 e. The summed E-state index contributed by atoms with van der Waals surface area (Å²) in [7, 11) is 3.13. The zero-order chi connectivity index (χ0) is 22.8. The van der Waals surface area contributed by atoms with Crippen molar-refractivity contribution in [2.75, 3.05) is 20.8 Å². The lowest BCUT2D eigenvalue weighted by Gasteiger charge is -2.10. The second-order valence-electron chi connectivity index (χ2n) is 6.56. The number of non-ortho nitro benzene ring substituents is 1. The van der Waals surface area contributed by atoms with E-state index in [1.165, 1.54) is 24.3 Å². The van der Waals surface area contributed by atoms with E-state index >= 15 is 0 Å². The number of nitro benzene ring substituents is 1. The Labute approximate surface area is 179 Å².